The van der Waals surface area contributed by atoms with Gasteiger partial charge in [0, 0.05) is 11.1 Å². The molecule has 14 heavy (non-hydrogen) atoms. The van der Waals surface area contributed by atoms with Gasteiger partial charge in [0.1, 0.15) is 12.1 Å². The van der Waals surface area contributed by atoms with Gasteiger partial charge in [0.05, 0.1) is 6.42 Å². The van der Waals surface area contributed by atoms with Crippen LogP contribution in [0.5, 0.6) is 0 Å². The molecule has 0 N–H and O–H groups in total. The molecule has 0 saturated heterocycles. The number of aldehydes is 1. The maximum Gasteiger partial charge on any atom is 0.393 e. The van der Waals surface area contributed by atoms with Crippen molar-refractivity contribution in [1.82, 2.24) is 0 Å². The minimum atomic E-state index is -4.51. The topological polar surface area (TPSA) is 17.1 Å². The van der Waals surface area contributed by atoms with Crippen molar-refractivity contribution < 1.29 is 22.4 Å². The number of carbonyl (C=O) groups excluding carboxylic acids is 1. The van der Waals surface area contributed by atoms with Gasteiger partial charge in [-0.25, -0.2) is 4.39 Å². The number of hydrogen-bond donors (Lipinski definition) is 0. The molecule has 0 aromatic heterocycles. The van der Waals surface area contributed by atoms with Crippen LogP contribution in [0, 0.1) is 5.82 Å². The highest BCUT2D eigenvalue weighted by Gasteiger charge is 2.30. The van der Waals surface area contributed by atoms with Crippen molar-refractivity contribution >= 4 is 6.29 Å². The maximum absolute atomic E-state index is 12.9. The number of carbonyl (C=O) groups is 1. The molecule has 1 nitrogen and oxygen atoms in total. The normalized spacial score (nSPS) is 11.4. The molecule has 0 amide bonds. The first-order valence-electron chi connectivity index (χ1n) is 3.73. The second kappa shape index (κ2) is 3.77. The Balaban J connectivity index is 3.11. The summed E-state index contributed by atoms with van der Waals surface area (Å²) < 4.78 is 48.8. The molecule has 0 aliphatic carbocycles. The minimum absolute atomic E-state index is 0.212. The standard InChI is InChI=1S/C9H6F4O/c10-8-3-1-2-6(5-14)7(8)4-9(11,12)13/h1-3,5H,4H2. The monoisotopic (exact) mass is 206 g/mol. The summed E-state index contributed by atoms with van der Waals surface area (Å²) in [4.78, 5) is 10.3. The molecule has 0 aliphatic rings. The summed E-state index contributed by atoms with van der Waals surface area (Å²) in [5, 5.41) is 0. The summed E-state index contributed by atoms with van der Waals surface area (Å²) in [6.45, 7) is 0. The summed E-state index contributed by atoms with van der Waals surface area (Å²) in [7, 11) is 0. The molecule has 0 atom stereocenters. The average Bonchev–Trinajstić information content (AvgIpc) is 2.06. The molecule has 0 spiro atoms. The zero-order valence-electron chi connectivity index (χ0n) is 6.94. The lowest BCUT2D eigenvalue weighted by molar-refractivity contribution is -0.127. The third-order valence-corrected chi connectivity index (χ3v) is 1.66. The van der Waals surface area contributed by atoms with Gasteiger partial charge in [-0.2, -0.15) is 13.2 Å². The fraction of sp³-hybridized carbons (Fsp3) is 0.222. The van der Waals surface area contributed by atoms with E-state index >= 15 is 0 Å². The largest absolute Gasteiger partial charge is 0.393 e. The van der Waals surface area contributed by atoms with Crippen molar-refractivity contribution in [1.29, 1.82) is 0 Å². The fourth-order valence-corrected chi connectivity index (χ4v) is 1.07. The van der Waals surface area contributed by atoms with Gasteiger partial charge in [0.25, 0.3) is 0 Å². The Morgan fingerprint density at radius 3 is 2.43 bits per heavy atom. The first-order chi connectivity index (χ1) is 6.44. The van der Waals surface area contributed by atoms with Crippen LogP contribution in [-0.4, -0.2) is 12.5 Å². The van der Waals surface area contributed by atoms with Crippen LogP contribution in [0.1, 0.15) is 15.9 Å². The van der Waals surface area contributed by atoms with Crippen molar-refractivity contribution in [2.24, 2.45) is 0 Å². The Morgan fingerprint density at radius 2 is 1.93 bits per heavy atom. The van der Waals surface area contributed by atoms with E-state index in [4.69, 9.17) is 0 Å². The minimum Gasteiger partial charge on any atom is -0.298 e. The van der Waals surface area contributed by atoms with Crippen LogP contribution in [0.15, 0.2) is 18.2 Å². The molecule has 1 aromatic rings. The van der Waals surface area contributed by atoms with Gasteiger partial charge in [0.15, 0.2) is 0 Å². The van der Waals surface area contributed by atoms with Crippen LogP contribution < -0.4 is 0 Å². The van der Waals surface area contributed by atoms with Crippen molar-refractivity contribution in [3.05, 3.63) is 35.1 Å². The van der Waals surface area contributed by atoms with Crippen molar-refractivity contribution in [3.8, 4) is 0 Å². The predicted octanol–water partition coefficient (Wildman–Crippen LogP) is 2.74. The van der Waals surface area contributed by atoms with E-state index in [1.54, 1.807) is 0 Å². The zero-order chi connectivity index (χ0) is 10.8. The van der Waals surface area contributed by atoms with E-state index < -0.39 is 24.0 Å². The molecule has 0 fully saturated rings. The van der Waals surface area contributed by atoms with Crippen molar-refractivity contribution in [2.75, 3.05) is 0 Å². The van der Waals surface area contributed by atoms with Crippen molar-refractivity contribution in [2.45, 2.75) is 12.6 Å². The highest BCUT2D eigenvalue weighted by molar-refractivity contribution is 5.77. The Labute approximate surface area is 77.3 Å². The molecular weight excluding hydrogens is 200 g/mol. The highest BCUT2D eigenvalue weighted by atomic mass is 19.4. The Morgan fingerprint density at radius 1 is 1.29 bits per heavy atom. The second-order valence-electron chi connectivity index (χ2n) is 2.72. The highest BCUT2D eigenvalue weighted by Crippen LogP contribution is 2.24. The van der Waals surface area contributed by atoms with Gasteiger partial charge in [-0.15, -0.1) is 0 Å². The quantitative estimate of drug-likeness (QED) is 0.537. The predicted molar refractivity (Wildman–Crippen MR) is 41.5 cm³/mol. The lowest BCUT2D eigenvalue weighted by Crippen LogP contribution is -2.14. The molecule has 5 heteroatoms. The third-order valence-electron chi connectivity index (χ3n) is 1.66. The summed E-state index contributed by atoms with van der Waals surface area (Å²) in [6, 6.07) is 3.24. The SMILES string of the molecule is O=Cc1cccc(F)c1CC(F)(F)F. The number of benzene rings is 1. The van der Waals surface area contributed by atoms with Crippen LogP contribution in [0.3, 0.4) is 0 Å². The van der Waals surface area contributed by atoms with E-state index in [9.17, 15) is 22.4 Å². The van der Waals surface area contributed by atoms with E-state index in [1.165, 1.54) is 6.07 Å². The molecule has 1 rings (SSSR count). The number of alkyl halides is 3. The fourth-order valence-electron chi connectivity index (χ4n) is 1.07. The van der Waals surface area contributed by atoms with Gasteiger partial charge in [-0.05, 0) is 6.07 Å². The molecule has 0 radical (unpaired) electrons. The molecule has 1 aromatic carbocycles. The van der Waals surface area contributed by atoms with Crippen molar-refractivity contribution in [3.63, 3.8) is 0 Å². The Hall–Kier alpha value is -1.39. The first-order valence-corrected chi connectivity index (χ1v) is 3.73. The van der Waals surface area contributed by atoms with Gasteiger partial charge < -0.3 is 0 Å². The van der Waals surface area contributed by atoms with Gasteiger partial charge in [-0.1, -0.05) is 12.1 Å². The van der Waals surface area contributed by atoms with Crippen LogP contribution >= 0.6 is 0 Å². The number of halogens is 4. The first kappa shape index (κ1) is 10.7. The second-order valence-corrected chi connectivity index (χ2v) is 2.72. The van der Waals surface area contributed by atoms with Crippen LogP contribution in [0.2, 0.25) is 0 Å². The molecule has 0 bridgehead atoms. The smallest absolute Gasteiger partial charge is 0.298 e. The van der Waals surface area contributed by atoms with Crippen LogP contribution in [0.25, 0.3) is 0 Å². The van der Waals surface area contributed by atoms with Crippen LogP contribution in [-0.2, 0) is 6.42 Å². The zero-order valence-corrected chi connectivity index (χ0v) is 6.94. The number of rotatable bonds is 2. The average molecular weight is 206 g/mol. The molecular formula is C9H6F4O. The van der Waals surface area contributed by atoms with E-state index in [1.807, 2.05) is 0 Å². The molecule has 0 aliphatic heterocycles. The van der Waals surface area contributed by atoms with Crippen LogP contribution in [0.4, 0.5) is 17.6 Å². The lowest BCUT2D eigenvalue weighted by atomic mass is 10.0. The maximum atomic E-state index is 12.9. The van der Waals surface area contributed by atoms with Gasteiger partial charge >= 0.3 is 6.18 Å². The van der Waals surface area contributed by atoms with E-state index in [0.717, 1.165) is 12.1 Å². The third kappa shape index (κ3) is 2.55. The molecule has 0 saturated carbocycles. The van der Waals surface area contributed by atoms with E-state index in [-0.39, 0.29) is 11.8 Å². The Kier molecular flexibility index (Phi) is 2.88. The van der Waals surface area contributed by atoms with Gasteiger partial charge in [-0.3, -0.25) is 4.79 Å². The molecule has 0 unspecified atom stereocenters. The Bertz CT molecular complexity index is 343. The number of hydrogen-bond acceptors (Lipinski definition) is 1. The summed E-state index contributed by atoms with van der Waals surface area (Å²) in [5.41, 5.74) is -0.864. The molecule has 0 heterocycles. The summed E-state index contributed by atoms with van der Waals surface area (Å²) in [5.74, 6) is -1.01. The lowest BCUT2D eigenvalue weighted by Gasteiger charge is -2.08. The molecule has 76 valence electrons. The summed E-state index contributed by atoms with van der Waals surface area (Å²) in [6.07, 6.45) is -5.72. The van der Waals surface area contributed by atoms with E-state index in [0.29, 0.717) is 0 Å². The summed E-state index contributed by atoms with van der Waals surface area (Å²) >= 11 is 0. The van der Waals surface area contributed by atoms with Gasteiger partial charge in [0.2, 0.25) is 0 Å². The van der Waals surface area contributed by atoms with E-state index in [2.05, 4.69) is 0 Å².